The molecular weight excluding hydrogens is 196 g/mol. The van der Waals surface area contributed by atoms with Crippen molar-refractivity contribution in [2.75, 3.05) is 12.3 Å². The average Bonchev–Trinajstić information content (AvgIpc) is 2.17. The quantitative estimate of drug-likeness (QED) is 0.670. The van der Waals surface area contributed by atoms with E-state index in [0.717, 1.165) is 6.42 Å². The van der Waals surface area contributed by atoms with Crippen molar-refractivity contribution in [3.05, 3.63) is 17.6 Å². The highest BCUT2D eigenvalue weighted by Crippen LogP contribution is 2.06. The van der Waals surface area contributed by atoms with Crippen LogP contribution in [0.25, 0.3) is 0 Å². The molecule has 1 aromatic rings. The Morgan fingerprint density at radius 1 is 1.60 bits per heavy atom. The lowest BCUT2D eigenvalue weighted by Crippen LogP contribution is -2.16. The van der Waals surface area contributed by atoms with Gasteiger partial charge in [0.25, 0.3) is 5.91 Å². The van der Waals surface area contributed by atoms with E-state index >= 15 is 0 Å². The monoisotopic (exact) mass is 210 g/mol. The van der Waals surface area contributed by atoms with Crippen molar-refractivity contribution in [2.24, 2.45) is 5.73 Å². The molecule has 0 aromatic carbocycles. The van der Waals surface area contributed by atoms with E-state index in [1.165, 1.54) is 6.20 Å². The second-order valence-corrected chi connectivity index (χ2v) is 3.00. The number of hydrogen-bond donors (Lipinski definition) is 2. The fraction of sp³-hybridized carbons (Fsp3) is 0.444. The first-order valence-corrected chi connectivity index (χ1v) is 4.64. The smallest absolute Gasteiger partial charge is 0.254 e. The summed E-state index contributed by atoms with van der Waals surface area (Å²) >= 11 is 0. The third kappa shape index (κ3) is 3.17. The van der Waals surface area contributed by atoms with Gasteiger partial charge in [-0.15, -0.1) is 0 Å². The number of primary amides is 1. The maximum absolute atomic E-state index is 10.8. The molecule has 0 spiro atoms. The number of amides is 1. The Labute approximate surface area is 87.7 Å². The lowest BCUT2D eigenvalue weighted by atomic mass is 10.3. The topological polar surface area (TPSA) is 104 Å². The summed E-state index contributed by atoms with van der Waals surface area (Å²) in [4.78, 5) is 18.6. The molecule has 1 aromatic heterocycles. The van der Waals surface area contributed by atoms with Gasteiger partial charge in [0.05, 0.1) is 5.56 Å². The first-order valence-electron chi connectivity index (χ1n) is 4.64. The number of anilines is 1. The number of carbonyl (C=O) groups is 1. The molecule has 0 atom stereocenters. The molecule has 0 radical (unpaired) electrons. The Hall–Kier alpha value is -1.69. The summed E-state index contributed by atoms with van der Waals surface area (Å²) in [6, 6.07) is 0. The van der Waals surface area contributed by atoms with Crippen LogP contribution in [-0.4, -0.2) is 22.5 Å². The minimum Gasteiger partial charge on any atom is -0.383 e. The Balaban J connectivity index is 2.69. The molecule has 0 aliphatic rings. The predicted molar refractivity (Wildman–Crippen MR) is 54.9 cm³/mol. The maximum Gasteiger partial charge on any atom is 0.254 e. The molecule has 0 aliphatic carbocycles. The zero-order valence-corrected chi connectivity index (χ0v) is 8.56. The molecule has 1 rings (SSSR count). The van der Waals surface area contributed by atoms with Crippen LogP contribution in [0.4, 0.5) is 5.82 Å². The highest BCUT2D eigenvalue weighted by atomic mass is 16.5. The van der Waals surface area contributed by atoms with Gasteiger partial charge in [0.2, 0.25) is 0 Å². The van der Waals surface area contributed by atoms with E-state index in [1.807, 2.05) is 6.92 Å². The first kappa shape index (κ1) is 11.4. The summed E-state index contributed by atoms with van der Waals surface area (Å²) in [5, 5.41) is 0. The van der Waals surface area contributed by atoms with E-state index in [4.69, 9.17) is 16.2 Å². The van der Waals surface area contributed by atoms with Crippen LogP contribution in [0.15, 0.2) is 6.20 Å². The van der Waals surface area contributed by atoms with Crippen molar-refractivity contribution in [3.63, 3.8) is 0 Å². The number of hydrogen-bond acceptors (Lipinski definition) is 5. The zero-order valence-electron chi connectivity index (χ0n) is 8.56. The van der Waals surface area contributed by atoms with Gasteiger partial charge in [-0.3, -0.25) is 4.79 Å². The second-order valence-electron chi connectivity index (χ2n) is 3.00. The van der Waals surface area contributed by atoms with Gasteiger partial charge in [0.1, 0.15) is 12.4 Å². The van der Waals surface area contributed by atoms with Gasteiger partial charge in [0, 0.05) is 12.8 Å². The fourth-order valence-corrected chi connectivity index (χ4v) is 1.00. The molecule has 1 amide bonds. The van der Waals surface area contributed by atoms with Crippen LogP contribution in [0.5, 0.6) is 0 Å². The number of carbonyl (C=O) groups excluding carboxylic acids is 1. The number of rotatable bonds is 5. The van der Waals surface area contributed by atoms with E-state index in [9.17, 15) is 4.79 Å². The van der Waals surface area contributed by atoms with Crippen molar-refractivity contribution in [3.8, 4) is 0 Å². The molecule has 0 saturated heterocycles. The van der Waals surface area contributed by atoms with Gasteiger partial charge >= 0.3 is 0 Å². The van der Waals surface area contributed by atoms with Crippen molar-refractivity contribution < 1.29 is 9.53 Å². The van der Waals surface area contributed by atoms with Crippen LogP contribution in [-0.2, 0) is 11.3 Å². The average molecular weight is 210 g/mol. The minimum atomic E-state index is -0.631. The van der Waals surface area contributed by atoms with E-state index in [0.29, 0.717) is 12.4 Å². The summed E-state index contributed by atoms with van der Waals surface area (Å²) in [5.41, 5.74) is 10.7. The molecule has 6 nitrogen and oxygen atoms in total. The third-order valence-corrected chi connectivity index (χ3v) is 1.71. The number of ether oxygens (including phenoxy) is 1. The number of nitrogens with zero attached hydrogens (tertiary/aromatic N) is 2. The zero-order chi connectivity index (χ0) is 11.3. The van der Waals surface area contributed by atoms with Gasteiger partial charge in [-0.1, -0.05) is 6.92 Å². The van der Waals surface area contributed by atoms with Gasteiger partial charge in [-0.05, 0) is 6.42 Å². The van der Waals surface area contributed by atoms with Crippen LogP contribution < -0.4 is 11.5 Å². The van der Waals surface area contributed by atoms with Gasteiger partial charge in [-0.2, -0.15) is 0 Å². The number of aromatic nitrogens is 2. The Morgan fingerprint density at radius 3 is 2.87 bits per heavy atom. The Bertz CT molecular complexity index is 354. The second kappa shape index (κ2) is 5.26. The number of nitrogens with two attached hydrogens (primary N) is 2. The van der Waals surface area contributed by atoms with Gasteiger partial charge in [0.15, 0.2) is 5.82 Å². The summed E-state index contributed by atoms with van der Waals surface area (Å²) < 4.78 is 5.23. The Kier molecular flexibility index (Phi) is 3.99. The van der Waals surface area contributed by atoms with Gasteiger partial charge < -0.3 is 16.2 Å². The van der Waals surface area contributed by atoms with Crippen LogP contribution in [0.3, 0.4) is 0 Å². The predicted octanol–water partition coefficient (Wildman–Crippen LogP) is 0.0843. The van der Waals surface area contributed by atoms with Crippen molar-refractivity contribution in [2.45, 2.75) is 20.0 Å². The molecule has 0 bridgehead atoms. The molecule has 4 N–H and O–H groups in total. The Morgan fingerprint density at radius 2 is 2.33 bits per heavy atom. The van der Waals surface area contributed by atoms with Gasteiger partial charge in [-0.25, -0.2) is 9.97 Å². The molecule has 1 heterocycles. The van der Waals surface area contributed by atoms with E-state index in [-0.39, 0.29) is 18.0 Å². The molecule has 15 heavy (non-hydrogen) atoms. The fourth-order valence-electron chi connectivity index (χ4n) is 1.00. The van der Waals surface area contributed by atoms with Crippen LogP contribution in [0, 0.1) is 0 Å². The van der Waals surface area contributed by atoms with E-state index in [2.05, 4.69) is 9.97 Å². The molecular formula is C9H14N4O2. The lowest BCUT2D eigenvalue weighted by Gasteiger charge is -2.04. The largest absolute Gasteiger partial charge is 0.383 e. The third-order valence-electron chi connectivity index (χ3n) is 1.71. The molecule has 0 aliphatic heterocycles. The molecule has 6 heteroatoms. The van der Waals surface area contributed by atoms with Crippen molar-refractivity contribution in [1.29, 1.82) is 0 Å². The van der Waals surface area contributed by atoms with Crippen LogP contribution in [0.1, 0.15) is 29.5 Å². The van der Waals surface area contributed by atoms with E-state index in [1.54, 1.807) is 0 Å². The van der Waals surface area contributed by atoms with E-state index < -0.39 is 5.91 Å². The van der Waals surface area contributed by atoms with Crippen LogP contribution >= 0.6 is 0 Å². The highest BCUT2D eigenvalue weighted by molar-refractivity contribution is 5.96. The van der Waals surface area contributed by atoms with Crippen LogP contribution in [0.2, 0.25) is 0 Å². The molecule has 0 unspecified atom stereocenters. The normalized spacial score (nSPS) is 10.2. The first-order chi connectivity index (χ1) is 7.15. The standard InChI is InChI=1S/C9H14N4O2/c1-2-3-15-5-7-12-4-6(9(11)14)8(10)13-7/h4H,2-3,5H2,1H3,(H2,11,14)(H2,10,12,13). The summed E-state index contributed by atoms with van der Waals surface area (Å²) in [6.45, 7) is 2.93. The van der Waals surface area contributed by atoms with Crippen molar-refractivity contribution >= 4 is 11.7 Å². The molecule has 0 fully saturated rings. The van der Waals surface area contributed by atoms with Crippen molar-refractivity contribution in [1.82, 2.24) is 9.97 Å². The summed E-state index contributed by atoms with van der Waals surface area (Å²) in [5.74, 6) is -0.0907. The minimum absolute atomic E-state index is 0.0904. The summed E-state index contributed by atoms with van der Waals surface area (Å²) in [7, 11) is 0. The SMILES string of the molecule is CCCOCc1ncc(C(N)=O)c(N)n1. The molecule has 0 saturated carbocycles. The maximum atomic E-state index is 10.8. The lowest BCUT2D eigenvalue weighted by molar-refractivity contribution is 0.0999. The number of nitrogen functional groups attached to an aromatic ring is 1. The summed E-state index contributed by atoms with van der Waals surface area (Å²) in [6.07, 6.45) is 2.24. The highest BCUT2D eigenvalue weighted by Gasteiger charge is 2.08. The molecule has 82 valence electrons.